The number of hydrogen-bond donors (Lipinski definition) is 1. The van der Waals surface area contributed by atoms with Crippen LogP contribution in [0.15, 0.2) is 24.3 Å². The molecular weight excluding hydrogens is 266 g/mol. The lowest BCUT2D eigenvalue weighted by atomic mass is 10.2. The number of sulfone groups is 1. The van der Waals surface area contributed by atoms with Gasteiger partial charge in [-0.1, -0.05) is 31.2 Å². The van der Waals surface area contributed by atoms with E-state index in [2.05, 4.69) is 24.4 Å². The molecule has 0 spiro atoms. The monoisotopic (exact) mass is 289 g/mol. The van der Waals surface area contributed by atoms with Crippen LogP contribution in [0.3, 0.4) is 0 Å². The minimum atomic E-state index is -3.09. The van der Waals surface area contributed by atoms with Crippen molar-refractivity contribution in [1.82, 2.24) is 5.32 Å². The summed E-state index contributed by atoms with van der Waals surface area (Å²) >= 11 is 0. The van der Waals surface area contributed by atoms with Crippen molar-refractivity contribution < 1.29 is 17.9 Å². The summed E-state index contributed by atoms with van der Waals surface area (Å²) in [5.74, 6) is -0.153. The molecule has 0 atom stereocenters. The average molecular weight is 289 g/mol. The van der Waals surface area contributed by atoms with Crippen LogP contribution in [0.2, 0.25) is 0 Å². The van der Waals surface area contributed by atoms with Crippen LogP contribution in [-0.2, 0) is 14.6 Å². The number of amides is 1. The van der Waals surface area contributed by atoms with Crippen LogP contribution in [0.4, 0.5) is 4.79 Å². The average Bonchev–Trinajstić information content (AvgIpc) is 2.31. The maximum atomic E-state index is 11.1. The molecule has 5 nitrogen and oxygen atoms in total. The van der Waals surface area contributed by atoms with Crippen molar-refractivity contribution in [3.8, 4) is 0 Å². The minimum absolute atomic E-state index is 0.115. The zero-order chi connectivity index (χ0) is 14.6. The van der Waals surface area contributed by atoms with Crippen LogP contribution < -0.4 is 5.32 Å². The van der Waals surface area contributed by atoms with E-state index in [1.807, 2.05) is 12.2 Å². The number of hydrogen-bond acceptors (Lipinski definition) is 4. The number of rotatable bonds is 9. The topological polar surface area (TPSA) is 72.5 Å². The highest BCUT2D eigenvalue weighted by molar-refractivity contribution is 7.90. The molecule has 0 saturated carbocycles. The summed E-state index contributed by atoms with van der Waals surface area (Å²) in [7, 11) is -3.09. The molecule has 0 bridgehead atoms. The number of carbonyl (C=O) groups is 1. The Labute approximate surface area is 115 Å². The molecule has 0 saturated heterocycles. The molecule has 0 aliphatic heterocycles. The van der Waals surface area contributed by atoms with Crippen molar-refractivity contribution in [2.24, 2.45) is 0 Å². The van der Waals surface area contributed by atoms with Gasteiger partial charge in [-0.25, -0.2) is 13.2 Å². The third kappa shape index (κ3) is 14.6. The third-order valence-corrected chi connectivity index (χ3v) is 3.03. The standard InChI is InChI=1S/C13H23NO4S/c1-3-4-5-6-7-8-9-10-14-13(15)18-11-12-19(2,16)17/h4-5,8-9H,3,6-7,10-12H2,1-2H3,(H,14,15)/b5-4-,9-8+. The molecule has 0 aromatic carbocycles. The Balaban J connectivity index is 3.52. The van der Waals surface area contributed by atoms with Crippen LogP contribution in [0.5, 0.6) is 0 Å². The molecule has 0 radical (unpaired) electrons. The summed E-state index contributed by atoms with van der Waals surface area (Å²) in [6.07, 6.45) is 11.5. The van der Waals surface area contributed by atoms with Gasteiger partial charge in [0.15, 0.2) is 9.84 Å². The van der Waals surface area contributed by atoms with Gasteiger partial charge in [0.2, 0.25) is 0 Å². The molecule has 0 aromatic rings. The number of nitrogens with one attached hydrogen (secondary N) is 1. The predicted octanol–water partition coefficient (Wildman–Crippen LogP) is 2.06. The Morgan fingerprint density at radius 3 is 2.37 bits per heavy atom. The van der Waals surface area contributed by atoms with Crippen LogP contribution in [0, 0.1) is 0 Å². The van der Waals surface area contributed by atoms with Crippen molar-refractivity contribution in [1.29, 1.82) is 0 Å². The van der Waals surface area contributed by atoms with Crippen LogP contribution in [0.1, 0.15) is 26.2 Å². The zero-order valence-corrected chi connectivity index (χ0v) is 12.4. The molecule has 0 fully saturated rings. The summed E-state index contributed by atoms with van der Waals surface area (Å²) in [5.41, 5.74) is 0. The third-order valence-electron chi connectivity index (χ3n) is 2.12. The van der Waals surface area contributed by atoms with E-state index >= 15 is 0 Å². The smallest absolute Gasteiger partial charge is 0.407 e. The SMILES string of the molecule is CC/C=C\CC/C=C/CNC(=O)OCCS(C)(=O)=O. The highest BCUT2D eigenvalue weighted by Crippen LogP contribution is 1.93. The number of unbranched alkanes of at least 4 members (excludes halogenated alkanes) is 1. The minimum Gasteiger partial charge on any atom is -0.448 e. The quantitative estimate of drug-likeness (QED) is 0.521. The normalized spacial score (nSPS) is 12.1. The molecule has 0 aliphatic carbocycles. The van der Waals surface area contributed by atoms with Crippen LogP contribution in [-0.4, -0.2) is 39.7 Å². The fourth-order valence-electron chi connectivity index (χ4n) is 1.16. The van der Waals surface area contributed by atoms with Gasteiger partial charge in [0.1, 0.15) is 6.61 Å². The lowest BCUT2D eigenvalue weighted by Gasteiger charge is -2.04. The second kappa shape index (κ2) is 10.6. The van der Waals surface area contributed by atoms with Crippen LogP contribution >= 0.6 is 0 Å². The second-order valence-electron chi connectivity index (χ2n) is 4.08. The molecule has 1 N–H and O–H groups in total. The van der Waals surface area contributed by atoms with Gasteiger partial charge in [-0.15, -0.1) is 0 Å². The maximum Gasteiger partial charge on any atom is 0.407 e. The fourth-order valence-corrected chi connectivity index (χ4v) is 1.54. The van der Waals surface area contributed by atoms with Gasteiger partial charge in [0.25, 0.3) is 0 Å². The molecule has 0 heterocycles. The van der Waals surface area contributed by atoms with Crippen LogP contribution in [0.25, 0.3) is 0 Å². The largest absolute Gasteiger partial charge is 0.448 e. The molecule has 0 unspecified atom stereocenters. The number of alkyl carbamates (subject to hydrolysis) is 1. The van der Waals surface area contributed by atoms with Gasteiger partial charge in [0, 0.05) is 12.8 Å². The highest BCUT2D eigenvalue weighted by Gasteiger charge is 2.04. The lowest BCUT2D eigenvalue weighted by molar-refractivity contribution is 0.154. The summed E-state index contributed by atoms with van der Waals surface area (Å²) in [6.45, 7) is 2.36. The first-order chi connectivity index (χ1) is 8.95. The molecule has 19 heavy (non-hydrogen) atoms. The van der Waals surface area contributed by atoms with E-state index in [0.717, 1.165) is 25.5 Å². The van der Waals surface area contributed by atoms with Crippen molar-refractivity contribution in [3.63, 3.8) is 0 Å². The zero-order valence-electron chi connectivity index (χ0n) is 11.6. The van der Waals surface area contributed by atoms with Crippen molar-refractivity contribution in [3.05, 3.63) is 24.3 Å². The van der Waals surface area contributed by atoms with E-state index in [1.165, 1.54) is 0 Å². The number of ether oxygens (including phenoxy) is 1. The predicted molar refractivity (Wildman–Crippen MR) is 76.9 cm³/mol. The van der Waals surface area contributed by atoms with E-state index in [0.29, 0.717) is 6.54 Å². The molecule has 1 amide bonds. The molecular formula is C13H23NO4S. The second-order valence-corrected chi connectivity index (χ2v) is 6.33. The first kappa shape index (κ1) is 17.7. The summed E-state index contributed by atoms with van der Waals surface area (Å²) in [5, 5.41) is 2.51. The fraction of sp³-hybridized carbons (Fsp3) is 0.615. The molecule has 0 aromatic heterocycles. The first-order valence-electron chi connectivity index (χ1n) is 6.34. The van der Waals surface area contributed by atoms with E-state index in [1.54, 1.807) is 0 Å². The van der Waals surface area contributed by atoms with E-state index in [4.69, 9.17) is 4.74 Å². The molecule has 0 rings (SSSR count). The Bertz CT molecular complexity index is 399. The molecule has 6 heteroatoms. The lowest BCUT2D eigenvalue weighted by Crippen LogP contribution is -2.26. The Hall–Kier alpha value is -1.30. The van der Waals surface area contributed by atoms with Gasteiger partial charge in [0.05, 0.1) is 5.75 Å². The summed E-state index contributed by atoms with van der Waals surface area (Å²) < 4.78 is 26.3. The Morgan fingerprint density at radius 2 is 1.79 bits per heavy atom. The summed E-state index contributed by atoms with van der Waals surface area (Å²) in [4.78, 5) is 11.1. The van der Waals surface area contributed by atoms with Gasteiger partial charge in [-0.3, -0.25) is 0 Å². The number of carbonyl (C=O) groups excluding carboxylic acids is 1. The van der Waals surface area contributed by atoms with E-state index in [9.17, 15) is 13.2 Å². The highest BCUT2D eigenvalue weighted by atomic mass is 32.2. The summed E-state index contributed by atoms with van der Waals surface area (Å²) in [6, 6.07) is 0. The van der Waals surface area contributed by atoms with Crippen molar-refractivity contribution in [2.45, 2.75) is 26.2 Å². The van der Waals surface area contributed by atoms with Gasteiger partial charge in [-0.05, 0) is 19.3 Å². The first-order valence-corrected chi connectivity index (χ1v) is 8.40. The number of allylic oxidation sites excluding steroid dienone is 3. The Morgan fingerprint density at radius 1 is 1.16 bits per heavy atom. The molecule has 0 aliphatic rings. The van der Waals surface area contributed by atoms with Gasteiger partial charge >= 0.3 is 6.09 Å². The Kier molecular flexibility index (Phi) is 9.88. The molecule has 110 valence electrons. The van der Waals surface area contributed by atoms with E-state index < -0.39 is 15.9 Å². The van der Waals surface area contributed by atoms with Crippen molar-refractivity contribution >= 4 is 15.9 Å². The maximum absolute atomic E-state index is 11.1. The van der Waals surface area contributed by atoms with Crippen molar-refractivity contribution in [2.75, 3.05) is 25.2 Å². The van der Waals surface area contributed by atoms with E-state index in [-0.39, 0.29) is 12.4 Å². The van der Waals surface area contributed by atoms with Gasteiger partial charge < -0.3 is 10.1 Å². The van der Waals surface area contributed by atoms with Gasteiger partial charge in [-0.2, -0.15) is 0 Å².